The molecule has 0 fully saturated rings. The van der Waals surface area contributed by atoms with Crippen LogP contribution in [0.15, 0.2) is 53.3 Å². The minimum atomic E-state index is -0.132. The lowest BCUT2D eigenvalue weighted by Gasteiger charge is -2.29. The first kappa shape index (κ1) is 23.1. The first-order valence-corrected chi connectivity index (χ1v) is 11.5. The van der Waals surface area contributed by atoms with Gasteiger partial charge in [-0.05, 0) is 50.9 Å². The van der Waals surface area contributed by atoms with Gasteiger partial charge in [-0.2, -0.15) is 0 Å². The van der Waals surface area contributed by atoms with E-state index in [9.17, 15) is 4.79 Å². The van der Waals surface area contributed by atoms with E-state index in [4.69, 9.17) is 21.7 Å². The van der Waals surface area contributed by atoms with Crippen LogP contribution in [0.1, 0.15) is 24.1 Å². The van der Waals surface area contributed by atoms with Crippen molar-refractivity contribution < 1.29 is 9.47 Å². The maximum atomic E-state index is 12.9. The van der Waals surface area contributed by atoms with Crippen LogP contribution in [0.3, 0.4) is 0 Å². The Balaban J connectivity index is 1.57. The molecule has 0 unspecified atom stereocenters. The third-order valence-corrected chi connectivity index (χ3v) is 6.07. The topological polar surface area (TPSA) is 69.8 Å². The molecule has 1 aromatic heterocycles. The van der Waals surface area contributed by atoms with Crippen LogP contribution >= 0.6 is 12.2 Å². The summed E-state index contributed by atoms with van der Waals surface area (Å²) in [6.45, 7) is 5.02. The summed E-state index contributed by atoms with van der Waals surface area (Å²) in [5.74, 6) is 1.36. The number of nitrogens with one attached hydrogen (secondary N) is 2. The number of aromatic amines is 1. The minimum absolute atomic E-state index is 0.0547. The van der Waals surface area contributed by atoms with Crippen molar-refractivity contribution in [3.05, 3.63) is 70.0 Å². The number of fused-ring (bicyclic) bond motifs is 2. The molecule has 1 aliphatic heterocycles. The Morgan fingerprint density at radius 1 is 1.09 bits per heavy atom. The van der Waals surface area contributed by atoms with Crippen molar-refractivity contribution in [2.24, 2.45) is 0 Å². The highest BCUT2D eigenvalue weighted by atomic mass is 32.1. The van der Waals surface area contributed by atoms with E-state index in [1.54, 1.807) is 0 Å². The van der Waals surface area contributed by atoms with Crippen LogP contribution in [-0.2, 0) is 6.54 Å². The zero-order chi connectivity index (χ0) is 23.4. The van der Waals surface area contributed by atoms with Crippen LogP contribution in [0.2, 0.25) is 0 Å². The maximum absolute atomic E-state index is 12.9. The van der Waals surface area contributed by atoms with Crippen LogP contribution < -0.4 is 20.3 Å². The average Bonchev–Trinajstić information content (AvgIpc) is 2.81. The number of benzene rings is 2. The zero-order valence-corrected chi connectivity index (χ0v) is 20.1. The molecule has 2 N–H and O–H groups in total. The summed E-state index contributed by atoms with van der Waals surface area (Å²) < 4.78 is 11.3. The highest BCUT2D eigenvalue weighted by molar-refractivity contribution is 7.80. The lowest BCUT2D eigenvalue weighted by Crippen LogP contribution is -2.44. The molecule has 174 valence electrons. The number of ether oxygens (including phenoxy) is 2. The largest absolute Gasteiger partial charge is 0.486 e. The highest BCUT2D eigenvalue weighted by Gasteiger charge is 2.18. The smallest absolute Gasteiger partial charge is 0.253 e. The predicted octanol–water partition coefficient (Wildman–Crippen LogP) is 3.30. The van der Waals surface area contributed by atoms with Gasteiger partial charge >= 0.3 is 0 Å². The van der Waals surface area contributed by atoms with Gasteiger partial charge in [-0.15, -0.1) is 0 Å². The lowest BCUT2D eigenvalue weighted by molar-refractivity contribution is 0.172. The number of hydrogen-bond acceptors (Lipinski definition) is 5. The summed E-state index contributed by atoms with van der Waals surface area (Å²) in [4.78, 5) is 20.1. The third kappa shape index (κ3) is 5.64. The van der Waals surface area contributed by atoms with E-state index in [0.29, 0.717) is 48.5 Å². The van der Waals surface area contributed by atoms with Crippen molar-refractivity contribution >= 4 is 28.2 Å². The van der Waals surface area contributed by atoms with Crippen molar-refractivity contribution in [1.82, 2.24) is 20.1 Å². The Morgan fingerprint density at radius 2 is 1.79 bits per heavy atom. The second-order valence-corrected chi connectivity index (χ2v) is 8.90. The standard InChI is InChI=1S/C25H30N4O3S/c1-17(18-7-5-4-6-8-18)26-25(33)29(10-9-28(2)3)16-20-13-19-14-22-23(32-12-11-31-22)15-21(19)27-24(20)30/h4-8,13-15,17H,9-12,16H2,1-3H3,(H,26,33)(H,27,30)/t17-/m1/s1. The zero-order valence-electron chi connectivity index (χ0n) is 19.3. The molecule has 0 radical (unpaired) electrons. The number of likely N-dealkylation sites (N-methyl/N-ethyl adjacent to an activating group) is 1. The Hall–Kier alpha value is -3.10. The van der Waals surface area contributed by atoms with Gasteiger partial charge in [0.1, 0.15) is 13.2 Å². The number of pyridine rings is 1. The van der Waals surface area contributed by atoms with Gasteiger partial charge in [0, 0.05) is 30.1 Å². The minimum Gasteiger partial charge on any atom is -0.486 e. The summed E-state index contributed by atoms with van der Waals surface area (Å²) in [6.07, 6.45) is 0. The van der Waals surface area contributed by atoms with Crippen LogP contribution in [0.4, 0.5) is 0 Å². The molecule has 1 atom stereocenters. The van der Waals surface area contributed by atoms with E-state index in [2.05, 4.69) is 34.3 Å². The Labute approximate surface area is 199 Å². The molecular formula is C25H30N4O3S. The highest BCUT2D eigenvalue weighted by Crippen LogP contribution is 2.33. The number of nitrogens with zero attached hydrogens (tertiary/aromatic N) is 2. The van der Waals surface area contributed by atoms with Gasteiger partial charge in [0.25, 0.3) is 5.56 Å². The second-order valence-electron chi connectivity index (χ2n) is 8.51. The molecule has 0 saturated carbocycles. The van der Waals surface area contributed by atoms with Gasteiger partial charge in [0.15, 0.2) is 16.6 Å². The molecule has 7 nitrogen and oxygen atoms in total. The molecule has 33 heavy (non-hydrogen) atoms. The summed E-state index contributed by atoms with van der Waals surface area (Å²) >= 11 is 5.77. The quantitative estimate of drug-likeness (QED) is 0.518. The molecule has 1 aliphatic rings. The molecule has 0 spiro atoms. The van der Waals surface area contributed by atoms with Crippen molar-refractivity contribution in [3.63, 3.8) is 0 Å². The van der Waals surface area contributed by atoms with Crippen LogP contribution in [0.5, 0.6) is 11.5 Å². The number of rotatable bonds is 7. The van der Waals surface area contributed by atoms with Crippen LogP contribution in [0.25, 0.3) is 10.9 Å². The molecule has 3 aromatic rings. The van der Waals surface area contributed by atoms with Crippen molar-refractivity contribution in [2.75, 3.05) is 40.4 Å². The Kier molecular flexibility index (Phi) is 7.15. The molecular weight excluding hydrogens is 436 g/mol. The van der Waals surface area contributed by atoms with Crippen molar-refractivity contribution in [2.45, 2.75) is 19.5 Å². The molecule has 0 saturated heterocycles. The van der Waals surface area contributed by atoms with Gasteiger partial charge in [-0.1, -0.05) is 30.3 Å². The maximum Gasteiger partial charge on any atom is 0.253 e. The Morgan fingerprint density at radius 3 is 2.48 bits per heavy atom. The molecule has 2 aromatic carbocycles. The normalized spacial score (nSPS) is 13.7. The van der Waals surface area contributed by atoms with E-state index in [1.165, 1.54) is 0 Å². The van der Waals surface area contributed by atoms with E-state index < -0.39 is 0 Å². The number of aromatic nitrogens is 1. The van der Waals surface area contributed by atoms with Gasteiger partial charge < -0.3 is 29.6 Å². The Bertz CT molecular complexity index is 1180. The SMILES string of the molecule is C[C@@H](NC(=S)N(CCN(C)C)Cc1cc2cc3c(cc2[nH]c1=O)OCCO3)c1ccccc1. The van der Waals surface area contributed by atoms with Crippen molar-refractivity contribution in [1.29, 1.82) is 0 Å². The van der Waals surface area contributed by atoms with Crippen molar-refractivity contribution in [3.8, 4) is 11.5 Å². The molecule has 0 aliphatic carbocycles. The van der Waals surface area contributed by atoms with E-state index in [1.807, 2.05) is 55.4 Å². The molecule has 2 heterocycles. The van der Waals surface area contributed by atoms with Gasteiger partial charge in [-0.25, -0.2) is 0 Å². The molecule has 0 amide bonds. The lowest BCUT2D eigenvalue weighted by atomic mass is 10.1. The number of thiocarbonyl (C=S) groups is 1. The first-order valence-electron chi connectivity index (χ1n) is 11.1. The average molecular weight is 467 g/mol. The molecule has 4 rings (SSSR count). The van der Waals surface area contributed by atoms with Gasteiger partial charge in [0.2, 0.25) is 0 Å². The van der Waals surface area contributed by atoms with Gasteiger partial charge in [-0.3, -0.25) is 4.79 Å². The van der Waals surface area contributed by atoms with Crippen LogP contribution in [0, 0.1) is 0 Å². The second kappa shape index (κ2) is 10.2. The third-order valence-electron chi connectivity index (χ3n) is 5.69. The summed E-state index contributed by atoms with van der Waals surface area (Å²) in [6, 6.07) is 15.9. The fourth-order valence-electron chi connectivity index (χ4n) is 3.79. The number of H-pyrrole nitrogens is 1. The summed E-state index contributed by atoms with van der Waals surface area (Å²) in [5, 5.41) is 4.95. The van der Waals surface area contributed by atoms with E-state index >= 15 is 0 Å². The van der Waals surface area contributed by atoms with Gasteiger partial charge in [0.05, 0.1) is 18.1 Å². The predicted molar refractivity (Wildman–Crippen MR) is 135 cm³/mol. The summed E-state index contributed by atoms with van der Waals surface area (Å²) in [7, 11) is 4.05. The summed E-state index contributed by atoms with van der Waals surface area (Å²) in [5.41, 5.74) is 2.40. The van der Waals surface area contributed by atoms with E-state index in [-0.39, 0.29) is 11.6 Å². The monoisotopic (exact) mass is 466 g/mol. The van der Waals surface area contributed by atoms with Crippen LogP contribution in [-0.4, -0.2) is 60.3 Å². The fourth-order valence-corrected chi connectivity index (χ4v) is 4.12. The fraction of sp³-hybridized carbons (Fsp3) is 0.360. The molecule has 0 bridgehead atoms. The first-order chi connectivity index (χ1) is 15.9. The molecule has 8 heteroatoms. The number of hydrogen-bond donors (Lipinski definition) is 2. The van der Waals surface area contributed by atoms with E-state index in [0.717, 1.165) is 23.0 Å².